The predicted octanol–water partition coefficient (Wildman–Crippen LogP) is 7.13. The summed E-state index contributed by atoms with van der Waals surface area (Å²) in [5, 5.41) is 0. The summed E-state index contributed by atoms with van der Waals surface area (Å²) < 4.78 is 12.6. The van der Waals surface area contributed by atoms with Gasteiger partial charge >= 0.3 is 0 Å². The van der Waals surface area contributed by atoms with E-state index in [0.29, 0.717) is 44.0 Å². The van der Waals surface area contributed by atoms with Crippen LogP contribution in [-0.2, 0) is 22.6 Å². The molecule has 0 fully saturated rings. The molecule has 5 rings (SSSR count). The highest BCUT2D eigenvalue weighted by Gasteiger charge is 2.43. The zero-order valence-corrected chi connectivity index (χ0v) is 23.5. The van der Waals surface area contributed by atoms with Gasteiger partial charge in [0.1, 0.15) is 6.61 Å². The number of nitrogens with zero attached hydrogens (tertiary/aromatic N) is 1. The highest BCUT2D eigenvalue weighted by molar-refractivity contribution is 6.06. The Kier molecular flexibility index (Phi) is 8.06. The average molecular weight is 526 g/mol. The minimum absolute atomic E-state index is 0.160. The van der Waals surface area contributed by atoms with E-state index in [1.54, 1.807) is 0 Å². The summed E-state index contributed by atoms with van der Waals surface area (Å²) in [4.78, 5) is 29.3. The third-order valence-electron chi connectivity index (χ3n) is 8.06. The summed E-state index contributed by atoms with van der Waals surface area (Å²) in [5.41, 5.74) is 7.98. The molecule has 39 heavy (non-hydrogen) atoms. The summed E-state index contributed by atoms with van der Waals surface area (Å²) in [7, 11) is 0. The van der Waals surface area contributed by atoms with Gasteiger partial charge in [0.05, 0.1) is 6.61 Å². The van der Waals surface area contributed by atoms with Gasteiger partial charge in [0.15, 0.2) is 23.1 Å². The monoisotopic (exact) mass is 525 g/mol. The third kappa shape index (κ3) is 5.19. The van der Waals surface area contributed by atoms with E-state index in [1.165, 1.54) is 5.56 Å². The molecule has 1 aliphatic heterocycles. The maximum absolute atomic E-state index is 13.5. The molecule has 0 aromatic heterocycles. The van der Waals surface area contributed by atoms with Crippen LogP contribution in [-0.4, -0.2) is 29.6 Å². The molecule has 0 radical (unpaired) electrons. The van der Waals surface area contributed by atoms with Crippen LogP contribution in [0.3, 0.4) is 0 Å². The fourth-order valence-corrected chi connectivity index (χ4v) is 6.36. The summed E-state index contributed by atoms with van der Waals surface area (Å²) >= 11 is 0. The van der Waals surface area contributed by atoms with E-state index in [1.807, 2.05) is 19.1 Å². The van der Waals surface area contributed by atoms with Gasteiger partial charge in [0.25, 0.3) is 0 Å². The van der Waals surface area contributed by atoms with E-state index in [2.05, 4.69) is 55.7 Å². The fraction of sp³-hybridized carbons (Fsp3) is 0.412. The highest BCUT2D eigenvalue weighted by Crippen LogP contribution is 2.50. The molecule has 204 valence electrons. The van der Waals surface area contributed by atoms with Crippen LogP contribution in [0.4, 0.5) is 0 Å². The van der Waals surface area contributed by atoms with Crippen molar-refractivity contribution in [1.29, 1.82) is 0 Å². The Balaban J connectivity index is 1.65. The Morgan fingerprint density at radius 2 is 1.56 bits per heavy atom. The number of hydrogen-bond acceptors (Lipinski definition) is 5. The summed E-state index contributed by atoms with van der Waals surface area (Å²) in [5.74, 6) is 1.29. The standard InChI is InChI=1S/C34H39NO4/c1-5-10-24-19-25(20-30(38-7-3)34(24)39-21-23-17-15-22(4)16-18-23)31-32-26(11-8-13-28(32)36)35(6-2)27-12-9-14-29(37)33(27)31/h5,15-20,31H,1,6-14,21H2,2-4H3. The number of hydrogen-bond donors (Lipinski definition) is 0. The molecular weight excluding hydrogens is 486 g/mol. The van der Waals surface area contributed by atoms with Crippen molar-refractivity contribution in [2.24, 2.45) is 0 Å². The third-order valence-corrected chi connectivity index (χ3v) is 8.06. The largest absolute Gasteiger partial charge is 0.490 e. The zero-order chi connectivity index (χ0) is 27.5. The number of carbonyl (C=O) groups is 2. The van der Waals surface area contributed by atoms with Crippen LogP contribution in [0.15, 0.2) is 71.6 Å². The van der Waals surface area contributed by atoms with Gasteiger partial charge in [0.2, 0.25) is 0 Å². The number of Topliss-reactive ketones (excluding diaryl/α,β-unsaturated/α-hetero) is 2. The van der Waals surface area contributed by atoms with Gasteiger partial charge in [-0.25, -0.2) is 0 Å². The van der Waals surface area contributed by atoms with Gasteiger partial charge in [0, 0.05) is 53.4 Å². The van der Waals surface area contributed by atoms with Crippen molar-refractivity contribution in [3.8, 4) is 11.5 Å². The Morgan fingerprint density at radius 1 is 0.923 bits per heavy atom. The van der Waals surface area contributed by atoms with Crippen LogP contribution in [0.2, 0.25) is 0 Å². The maximum Gasteiger partial charge on any atom is 0.165 e. The normalized spacial score (nSPS) is 17.8. The molecule has 2 aliphatic carbocycles. The van der Waals surface area contributed by atoms with Gasteiger partial charge in [-0.3, -0.25) is 9.59 Å². The van der Waals surface area contributed by atoms with Crippen LogP contribution >= 0.6 is 0 Å². The number of carbonyl (C=O) groups excluding carboxylic acids is 2. The lowest BCUT2D eigenvalue weighted by atomic mass is 9.70. The molecule has 0 spiro atoms. The van der Waals surface area contributed by atoms with Crippen molar-refractivity contribution in [3.05, 3.63) is 93.8 Å². The number of allylic oxidation sites excluding steroid dienone is 5. The second kappa shape index (κ2) is 11.6. The molecule has 0 atom stereocenters. The van der Waals surface area contributed by atoms with E-state index in [4.69, 9.17) is 9.47 Å². The lowest BCUT2D eigenvalue weighted by Crippen LogP contribution is -2.39. The molecule has 1 heterocycles. The smallest absolute Gasteiger partial charge is 0.165 e. The Morgan fingerprint density at radius 3 is 2.13 bits per heavy atom. The molecule has 0 unspecified atom stereocenters. The van der Waals surface area contributed by atoms with Gasteiger partial charge in [-0.05, 0) is 70.1 Å². The van der Waals surface area contributed by atoms with Crippen molar-refractivity contribution >= 4 is 11.6 Å². The van der Waals surface area contributed by atoms with Crippen LogP contribution in [0.5, 0.6) is 11.5 Å². The topological polar surface area (TPSA) is 55.8 Å². The maximum atomic E-state index is 13.5. The molecule has 2 aromatic rings. The second-order valence-electron chi connectivity index (χ2n) is 10.7. The Hall–Kier alpha value is -3.60. The van der Waals surface area contributed by atoms with Gasteiger partial charge in [-0.15, -0.1) is 6.58 Å². The molecule has 2 aromatic carbocycles. The zero-order valence-electron chi connectivity index (χ0n) is 23.5. The molecule has 0 amide bonds. The lowest BCUT2D eigenvalue weighted by molar-refractivity contribution is -0.117. The SMILES string of the molecule is C=CCc1cc(C2C3=C(CCCC3=O)N(CC)C3=C2C(=O)CCC3)cc(OCC)c1OCc1ccc(C)cc1. The number of benzene rings is 2. The number of aryl methyl sites for hydroxylation is 1. The summed E-state index contributed by atoms with van der Waals surface area (Å²) in [6.45, 7) is 11.8. The minimum atomic E-state index is -0.368. The second-order valence-corrected chi connectivity index (χ2v) is 10.7. The Bertz CT molecular complexity index is 1300. The lowest BCUT2D eigenvalue weighted by Gasteiger charge is -2.43. The van der Waals surface area contributed by atoms with Gasteiger partial charge in [-0.2, -0.15) is 0 Å². The van der Waals surface area contributed by atoms with E-state index >= 15 is 0 Å². The minimum Gasteiger partial charge on any atom is -0.490 e. The first-order chi connectivity index (χ1) is 19.0. The number of ether oxygens (including phenoxy) is 2. The first-order valence-electron chi connectivity index (χ1n) is 14.4. The molecule has 0 saturated carbocycles. The summed E-state index contributed by atoms with van der Waals surface area (Å²) in [6, 6.07) is 12.4. The molecule has 0 saturated heterocycles. The molecule has 0 N–H and O–H groups in total. The highest BCUT2D eigenvalue weighted by atomic mass is 16.5. The van der Waals surface area contributed by atoms with Crippen LogP contribution in [0.1, 0.15) is 80.5 Å². The molecule has 3 aliphatic rings. The van der Waals surface area contributed by atoms with Crippen molar-refractivity contribution in [2.45, 2.75) is 78.2 Å². The fourth-order valence-electron chi connectivity index (χ4n) is 6.36. The molecule has 0 bridgehead atoms. The van der Waals surface area contributed by atoms with Gasteiger partial charge < -0.3 is 14.4 Å². The van der Waals surface area contributed by atoms with Crippen molar-refractivity contribution in [3.63, 3.8) is 0 Å². The number of ketones is 2. The average Bonchev–Trinajstić information content (AvgIpc) is 2.93. The van der Waals surface area contributed by atoms with E-state index in [-0.39, 0.29) is 17.5 Å². The first-order valence-corrected chi connectivity index (χ1v) is 14.4. The Labute approximate surface area is 232 Å². The quantitative estimate of drug-likeness (QED) is 0.326. The molecular formula is C34H39NO4. The first kappa shape index (κ1) is 27.0. The number of rotatable bonds is 9. The van der Waals surface area contributed by atoms with Gasteiger partial charge in [-0.1, -0.05) is 42.0 Å². The molecule has 5 nitrogen and oxygen atoms in total. The van der Waals surface area contributed by atoms with E-state index in [9.17, 15) is 9.59 Å². The van der Waals surface area contributed by atoms with Crippen molar-refractivity contribution in [2.75, 3.05) is 13.2 Å². The van der Waals surface area contributed by atoms with Crippen LogP contribution < -0.4 is 9.47 Å². The molecule has 5 heteroatoms. The van der Waals surface area contributed by atoms with E-state index in [0.717, 1.165) is 71.5 Å². The predicted molar refractivity (Wildman–Crippen MR) is 154 cm³/mol. The van der Waals surface area contributed by atoms with E-state index < -0.39 is 0 Å². The van der Waals surface area contributed by atoms with Crippen LogP contribution in [0.25, 0.3) is 0 Å². The van der Waals surface area contributed by atoms with Crippen LogP contribution in [0, 0.1) is 6.92 Å². The summed E-state index contributed by atoms with van der Waals surface area (Å²) in [6.07, 6.45) is 6.95. The van der Waals surface area contributed by atoms with Crippen molar-refractivity contribution < 1.29 is 19.1 Å². The van der Waals surface area contributed by atoms with Crippen molar-refractivity contribution in [1.82, 2.24) is 4.90 Å².